The molecule has 1 aromatic carbocycles. The number of ether oxygens (including phenoxy) is 1. The van der Waals surface area contributed by atoms with Crippen LogP contribution in [0.3, 0.4) is 0 Å². The van der Waals surface area contributed by atoms with E-state index in [1.165, 1.54) is 5.56 Å². The average Bonchev–Trinajstić information content (AvgIpc) is 2.53. The molecule has 0 aliphatic rings. The van der Waals surface area contributed by atoms with Crippen LogP contribution < -0.4 is 10.1 Å². The van der Waals surface area contributed by atoms with Gasteiger partial charge in [-0.3, -0.25) is 9.78 Å². The number of methoxy groups -OCH3 is 1. The average molecular weight is 287 g/mol. The van der Waals surface area contributed by atoms with Crippen LogP contribution in [0.4, 0.5) is 0 Å². The van der Waals surface area contributed by atoms with Crippen molar-refractivity contribution in [2.45, 2.75) is 13.0 Å². The van der Waals surface area contributed by atoms with Gasteiger partial charge in [-0.25, -0.2) is 0 Å². The molecule has 5 heteroatoms. The fourth-order valence-corrected chi connectivity index (χ4v) is 2.30. The van der Waals surface area contributed by atoms with Crippen molar-refractivity contribution in [2.75, 3.05) is 27.7 Å². The first-order chi connectivity index (χ1) is 10.2. The molecule has 0 unspecified atom stereocenters. The van der Waals surface area contributed by atoms with Crippen molar-refractivity contribution >= 4 is 16.8 Å². The third-order valence-corrected chi connectivity index (χ3v) is 3.48. The van der Waals surface area contributed by atoms with Crippen LogP contribution in [-0.2, 0) is 11.3 Å². The third-order valence-electron chi connectivity index (χ3n) is 3.48. The lowest BCUT2D eigenvalue weighted by molar-refractivity contribution is -0.120. The molecule has 1 amide bonds. The summed E-state index contributed by atoms with van der Waals surface area (Å²) in [6.07, 6.45) is 2.27. The summed E-state index contributed by atoms with van der Waals surface area (Å²) in [6, 6.07) is 7.97. The lowest BCUT2D eigenvalue weighted by atomic mass is 10.1. The van der Waals surface area contributed by atoms with Gasteiger partial charge in [0, 0.05) is 38.1 Å². The molecule has 0 saturated heterocycles. The van der Waals surface area contributed by atoms with Crippen LogP contribution in [0.1, 0.15) is 12.0 Å². The summed E-state index contributed by atoms with van der Waals surface area (Å²) in [4.78, 5) is 17.8. The van der Waals surface area contributed by atoms with E-state index in [1.807, 2.05) is 25.2 Å². The van der Waals surface area contributed by atoms with Crippen molar-refractivity contribution in [2.24, 2.45) is 0 Å². The fourth-order valence-electron chi connectivity index (χ4n) is 2.30. The lowest BCUT2D eigenvalue weighted by Crippen LogP contribution is -2.26. The van der Waals surface area contributed by atoms with Crippen LogP contribution in [0.15, 0.2) is 30.5 Å². The Balaban J connectivity index is 2.17. The number of benzene rings is 1. The SMILES string of the molecule is CNC(=O)CCN(C)Cc1ccc(OC)c2ncccc12. The van der Waals surface area contributed by atoms with E-state index in [0.29, 0.717) is 13.0 Å². The summed E-state index contributed by atoms with van der Waals surface area (Å²) in [5, 5.41) is 3.72. The molecule has 0 aliphatic carbocycles. The first-order valence-corrected chi connectivity index (χ1v) is 6.95. The molecule has 1 N–H and O–H groups in total. The number of pyridine rings is 1. The van der Waals surface area contributed by atoms with Gasteiger partial charge in [0.25, 0.3) is 0 Å². The second-order valence-corrected chi connectivity index (χ2v) is 4.99. The van der Waals surface area contributed by atoms with Gasteiger partial charge < -0.3 is 15.0 Å². The molecule has 2 aromatic rings. The predicted octanol–water partition coefficient (Wildman–Crippen LogP) is 1.81. The van der Waals surface area contributed by atoms with Gasteiger partial charge >= 0.3 is 0 Å². The van der Waals surface area contributed by atoms with Crippen LogP contribution in [0.25, 0.3) is 10.9 Å². The molecular formula is C16H21N3O2. The van der Waals surface area contributed by atoms with Crippen LogP contribution in [-0.4, -0.2) is 43.5 Å². The summed E-state index contributed by atoms with van der Waals surface area (Å²) in [5.41, 5.74) is 2.05. The highest BCUT2D eigenvalue weighted by Gasteiger charge is 2.10. The molecule has 2 rings (SSSR count). The molecule has 0 saturated carbocycles. The molecule has 5 nitrogen and oxygen atoms in total. The minimum absolute atomic E-state index is 0.0584. The van der Waals surface area contributed by atoms with Gasteiger partial charge in [-0.2, -0.15) is 0 Å². The first-order valence-electron chi connectivity index (χ1n) is 6.95. The molecule has 21 heavy (non-hydrogen) atoms. The van der Waals surface area contributed by atoms with Crippen molar-refractivity contribution in [3.05, 3.63) is 36.0 Å². The van der Waals surface area contributed by atoms with Crippen molar-refractivity contribution in [1.82, 2.24) is 15.2 Å². The highest BCUT2D eigenvalue weighted by Crippen LogP contribution is 2.27. The Morgan fingerprint density at radius 2 is 2.19 bits per heavy atom. The maximum atomic E-state index is 11.3. The minimum Gasteiger partial charge on any atom is -0.494 e. The second kappa shape index (κ2) is 7.04. The molecule has 0 radical (unpaired) electrons. The zero-order chi connectivity index (χ0) is 15.2. The van der Waals surface area contributed by atoms with Gasteiger partial charge in [0.2, 0.25) is 5.91 Å². The van der Waals surface area contributed by atoms with Crippen molar-refractivity contribution < 1.29 is 9.53 Å². The maximum absolute atomic E-state index is 11.3. The van der Waals surface area contributed by atoms with Crippen LogP contribution >= 0.6 is 0 Å². The Labute approximate surface area is 124 Å². The van der Waals surface area contributed by atoms with Crippen LogP contribution in [0, 0.1) is 0 Å². The van der Waals surface area contributed by atoms with Gasteiger partial charge in [0.15, 0.2) is 0 Å². The van der Waals surface area contributed by atoms with Gasteiger partial charge in [0.05, 0.1) is 7.11 Å². The molecule has 1 aromatic heterocycles. The lowest BCUT2D eigenvalue weighted by Gasteiger charge is -2.18. The van der Waals surface area contributed by atoms with Gasteiger partial charge in [-0.15, -0.1) is 0 Å². The molecule has 0 spiro atoms. The molecule has 112 valence electrons. The number of hydrogen-bond acceptors (Lipinski definition) is 4. The Hall–Kier alpha value is -2.14. The van der Waals surface area contributed by atoms with Crippen LogP contribution in [0.5, 0.6) is 5.75 Å². The largest absolute Gasteiger partial charge is 0.494 e. The summed E-state index contributed by atoms with van der Waals surface area (Å²) in [5.74, 6) is 0.838. The smallest absolute Gasteiger partial charge is 0.221 e. The van der Waals surface area contributed by atoms with Crippen molar-refractivity contribution in [3.63, 3.8) is 0 Å². The number of nitrogens with one attached hydrogen (secondary N) is 1. The Kier molecular flexibility index (Phi) is 5.11. The fraction of sp³-hybridized carbons (Fsp3) is 0.375. The zero-order valence-electron chi connectivity index (χ0n) is 12.7. The second-order valence-electron chi connectivity index (χ2n) is 4.99. The number of hydrogen-bond donors (Lipinski definition) is 1. The van der Waals surface area contributed by atoms with E-state index in [-0.39, 0.29) is 5.91 Å². The monoisotopic (exact) mass is 287 g/mol. The molecule has 0 atom stereocenters. The van der Waals surface area contributed by atoms with E-state index in [2.05, 4.69) is 21.3 Å². The third kappa shape index (κ3) is 3.70. The quantitative estimate of drug-likeness (QED) is 0.880. The van der Waals surface area contributed by atoms with E-state index < -0.39 is 0 Å². The predicted molar refractivity (Wildman–Crippen MR) is 83.3 cm³/mol. The zero-order valence-corrected chi connectivity index (χ0v) is 12.7. The molecule has 0 bridgehead atoms. The highest BCUT2D eigenvalue weighted by atomic mass is 16.5. The Morgan fingerprint density at radius 3 is 2.90 bits per heavy atom. The summed E-state index contributed by atoms with van der Waals surface area (Å²) in [6.45, 7) is 1.48. The van der Waals surface area contributed by atoms with E-state index in [0.717, 1.165) is 23.2 Å². The minimum atomic E-state index is 0.0584. The number of nitrogens with zero attached hydrogens (tertiary/aromatic N) is 2. The number of aromatic nitrogens is 1. The molecule has 1 heterocycles. The first kappa shape index (κ1) is 15.3. The topological polar surface area (TPSA) is 54.5 Å². The molecule has 0 fully saturated rings. The number of rotatable bonds is 6. The van der Waals surface area contributed by atoms with E-state index >= 15 is 0 Å². The van der Waals surface area contributed by atoms with E-state index in [1.54, 1.807) is 20.4 Å². The summed E-state index contributed by atoms with van der Waals surface area (Å²) in [7, 11) is 5.32. The van der Waals surface area contributed by atoms with Crippen molar-refractivity contribution in [1.29, 1.82) is 0 Å². The number of amides is 1. The number of carbonyl (C=O) groups is 1. The number of fused-ring (bicyclic) bond motifs is 1. The Bertz CT molecular complexity index is 628. The van der Waals surface area contributed by atoms with Crippen molar-refractivity contribution in [3.8, 4) is 5.75 Å². The van der Waals surface area contributed by atoms with E-state index in [4.69, 9.17) is 4.74 Å². The standard InChI is InChI=1S/C16H21N3O2/c1-17-15(20)8-10-19(2)11-12-6-7-14(21-3)16-13(12)5-4-9-18-16/h4-7,9H,8,10-11H2,1-3H3,(H,17,20). The maximum Gasteiger partial charge on any atom is 0.221 e. The van der Waals surface area contributed by atoms with E-state index in [9.17, 15) is 4.79 Å². The highest BCUT2D eigenvalue weighted by molar-refractivity contribution is 5.87. The Morgan fingerprint density at radius 1 is 1.38 bits per heavy atom. The number of carbonyl (C=O) groups excluding carboxylic acids is 1. The van der Waals surface area contributed by atoms with Crippen LogP contribution in [0.2, 0.25) is 0 Å². The molecule has 0 aliphatic heterocycles. The van der Waals surface area contributed by atoms with Gasteiger partial charge in [0.1, 0.15) is 11.3 Å². The molecular weight excluding hydrogens is 266 g/mol. The summed E-state index contributed by atoms with van der Waals surface area (Å²) < 4.78 is 5.35. The normalized spacial score (nSPS) is 10.9. The van der Waals surface area contributed by atoms with Gasteiger partial charge in [-0.1, -0.05) is 12.1 Å². The van der Waals surface area contributed by atoms with Gasteiger partial charge in [-0.05, 0) is 24.7 Å². The summed E-state index contributed by atoms with van der Waals surface area (Å²) >= 11 is 0.